The third-order valence-electron chi connectivity index (χ3n) is 4.71. The van der Waals surface area contributed by atoms with Gasteiger partial charge in [0.15, 0.2) is 5.65 Å². The average Bonchev–Trinajstić information content (AvgIpc) is 3.12. The molecule has 2 heterocycles. The highest BCUT2D eigenvalue weighted by molar-refractivity contribution is 7.89. The first-order chi connectivity index (χ1) is 14.9. The van der Waals surface area contributed by atoms with Gasteiger partial charge >= 0.3 is 0 Å². The number of aromatic hydroxyl groups is 2. The fraction of sp³-hybridized carbons (Fsp3) is 0.143. The fourth-order valence-corrected chi connectivity index (χ4v) is 4.29. The number of rotatable bonds is 7. The number of aryl methyl sites for hydroxylation is 1. The van der Waals surface area contributed by atoms with E-state index >= 15 is 0 Å². The van der Waals surface area contributed by atoms with Crippen molar-refractivity contribution in [2.45, 2.75) is 11.8 Å². The van der Waals surface area contributed by atoms with Crippen molar-refractivity contribution in [1.82, 2.24) is 19.3 Å². The lowest BCUT2D eigenvalue weighted by atomic mass is 10.1. The molecule has 9 nitrogen and oxygen atoms in total. The van der Waals surface area contributed by atoms with Gasteiger partial charge in [-0.15, -0.1) is 0 Å². The molecule has 0 aliphatic rings. The zero-order valence-corrected chi connectivity index (χ0v) is 17.5. The first kappa shape index (κ1) is 20.6. The maximum absolute atomic E-state index is 12.4. The maximum Gasteiger partial charge on any atom is 0.244 e. The number of hydrogen-bond acceptors (Lipinski definition) is 7. The molecule has 31 heavy (non-hydrogen) atoms. The zero-order valence-electron chi connectivity index (χ0n) is 16.6. The van der Waals surface area contributed by atoms with Crippen LogP contribution in [-0.4, -0.2) is 46.3 Å². The zero-order chi connectivity index (χ0) is 22.0. The van der Waals surface area contributed by atoms with E-state index in [9.17, 15) is 18.6 Å². The number of benzene rings is 2. The first-order valence-corrected chi connectivity index (χ1v) is 11.0. The molecule has 4 aromatic rings. The minimum absolute atomic E-state index is 0.0760. The van der Waals surface area contributed by atoms with Crippen molar-refractivity contribution in [2.75, 3.05) is 18.4 Å². The Balaban J connectivity index is 1.55. The fourth-order valence-electron chi connectivity index (χ4n) is 3.16. The minimum atomic E-state index is -3.85. The van der Waals surface area contributed by atoms with Crippen molar-refractivity contribution >= 4 is 21.5 Å². The van der Waals surface area contributed by atoms with Gasteiger partial charge in [0.05, 0.1) is 11.9 Å². The van der Waals surface area contributed by atoms with E-state index < -0.39 is 10.0 Å². The second-order valence-electron chi connectivity index (χ2n) is 6.90. The Bertz CT molecular complexity index is 1350. The molecule has 0 bridgehead atoms. The van der Waals surface area contributed by atoms with E-state index in [-0.39, 0.29) is 29.5 Å². The molecule has 160 valence electrons. The number of anilines is 1. The van der Waals surface area contributed by atoms with Crippen LogP contribution in [0.2, 0.25) is 0 Å². The van der Waals surface area contributed by atoms with Crippen molar-refractivity contribution < 1.29 is 18.6 Å². The number of nitrogens with one attached hydrogen (secondary N) is 2. The van der Waals surface area contributed by atoms with Crippen molar-refractivity contribution in [2.24, 2.45) is 0 Å². The summed E-state index contributed by atoms with van der Waals surface area (Å²) in [6.07, 6.45) is 1.68. The molecule has 10 heteroatoms. The quantitative estimate of drug-likeness (QED) is 0.326. The summed E-state index contributed by atoms with van der Waals surface area (Å²) in [5, 5.41) is 27.5. The minimum Gasteiger partial charge on any atom is -0.507 e. The van der Waals surface area contributed by atoms with Crippen molar-refractivity contribution in [3.05, 3.63) is 66.4 Å². The van der Waals surface area contributed by atoms with E-state index in [2.05, 4.69) is 20.1 Å². The van der Waals surface area contributed by atoms with E-state index in [0.717, 1.165) is 5.56 Å². The van der Waals surface area contributed by atoms with Gasteiger partial charge in [0.25, 0.3) is 0 Å². The Labute approximate surface area is 179 Å². The maximum atomic E-state index is 12.4. The highest BCUT2D eigenvalue weighted by atomic mass is 32.2. The lowest BCUT2D eigenvalue weighted by Gasteiger charge is -2.12. The first-order valence-electron chi connectivity index (χ1n) is 9.52. The summed E-state index contributed by atoms with van der Waals surface area (Å²) in [6, 6.07) is 14.4. The molecule has 0 atom stereocenters. The molecule has 0 radical (unpaired) electrons. The number of phenols is 2. The number of phenolic OH excluding ortho intramolecular Hbond substituents is 2. The summed E-state index contributed by atoms with van der Waals surface area (Å²) in [7, 11) is -3.85. The molecule has 2 aromatic carbocycles. The van der Waals surface area contributed by atoms with Crippen LogP contribution < -0.4 is 10.0 Å². The van der Waals surface area contributed by atoms with Gasteiger partial charge < -0.3 is 15.5 Å². The van der Waals surface area contributed by atoms with Crippen molar-refractivity contribution in [1.29, 1.82) is 0 Å². The summed E-state index contributed by atoms with van der Waals surface area (Å²) < 4.78 is 28.9. The normalized spacial score (nSPS) is 11.6. The monoisotopic (exact) mass is 439 g/mol. The molecule has 4 N–H and O–H groups in total. The Morgan fingerprint density at radius 2 is 1.71 bits per heavy atom. The predicted molar refractivity (Wildman–Crippen MR) is 117 cm³/mol. The number of para-hydroxylation sites is 2. The SMILES string of the molecule is Cc1cnn2c(NCCNS(=O)(=O)c3ccccc3O)cc(-c3ccccc3O)nc12. The second-order valence-corrected chi connectivity index (χ2v) is 8.63. The van der Waals surface area contributed by atoms with E-state index in [1.165, 1.54) is 12.1 Å². The standard InChI is InChI=1S/C21H21N5O4S/c1-14-13-23-26-20(12-16(25-21(14)26)15-6-2-3-7-17(15)27)22-10-11-24-31(29,30)19-9-5-4-8-18(19)28/h2-9,12-13,22,24,27-28H,10-11H2,1H3. The van der Waals surface area contributed by atoms with E-state index in [1.807, 2.05) is 13.0 Å². The van der Waals surface area contributed by atoms with Crippen LogP contribution in [0.1, 0.15) is 5.56 Å². The van der Waals surface area contributed by atoms with Crippen LogP contribution in [0.25, 0.3) is 16.9 Å². The summed E-state index contributed by atoms with van der Waals surface area (Å²) in [4.78, 5) is 4.43. The van der Waals surface area contributed by atoms with Gasteiger partial charge in [-0.05, 0) is 31.2 Å². The molecule has 4 rings (SSSR count). The number of fused-ring (bicyclic) bond motifs is 1. The molecular weight excluding hydrogens is 418 g/mol. The summed E-state index contributed by atoms with van der Waals surface area (Å²) >= 11 is 0. The van der Waals surface area contributed by atoms with Crippen LogP contribution in [0, 0.1) is 6.92 Å². The van der Waals surface area contributed by atoms with Crippen LogP contribution in [0.4, 0.5) is 5.82 Å². The van der Waals surface area contributed by atoms with Gasteiger partial charge in [-0.2, -0.15) is 9.61 Å². The summed E-state index contributed by atoms with van der Waals surface area (Å²) in [6.45, 7) is 2.21. The smallest absolute Gasteiger partial charge is 0.244 e. The van der Waals surface area contributed by atoms with Crippen molar-refractivity contribution in [3.8, 4) is 22.8 Å². The molecule has 0 fully saturated rings. The topological polar surface area (TPSA) is 129 Å². The van der Waals surface area contributed by atoms with E-state index in [4.69, 9.17) is 0 Å². The molecule has 0 amide bonds. The average molecular weight is 439 g/mol. The molecule has 0 saturated carbocycles. The van der Waals surface area contributed by atoms with Gasteiger partial charge in [0.1, 0.15) is 22.2 Å². The van der Waals surface area contributed by atoms with Crippen LogP contribution in [-0.2, 0) is 10.0 Å². The third kappa shape index (κ3) is 4.16. The Morgan fingerprint density at radius 3 is 2.45 bits per heavy atom. The van der Waals surface area contributed by atoms with Gasteiger partial charge in [-0.3, -0.25) is 0 Å². The van der Waals surface area contributed by atoms with E-state index in [1.54, 1.807) is 47.1 Å². The molecule has 0 unspecified atom stereocenters. The Hall–Kier alpha value is -3.63. The molecule has 2 aromatic heterocycles. The molecule has 0 spiro atoms. The van der Waals surface area contributed by atoms with Crippen LogP contribution in [0.5, 0.6) is 11.5 Å². The van der Waals surface area contributed by atoms with Crippen LogP contribution in [0.15, 0.2) is 65.7 Å². The van der Waals surface area contributed by atoms with Crippen LogP contribution in [0.3, 0.4) is 0 Å². The largest absolute Gasteiger partial charge is 0.507 e. The number of nitrogens with zero attached hydrogens (tertiary/aromatic N) is 3. The second kappa shape index (κ2) is 8.25. The Morgan fingerprint density at radius 1 is 1.00 bits per heavy atom. The predicted octanol–water partition coefficient (Wildman–Crippen LogP) is 2.51. The van der Waals surface area contributed by atoms with Gasteiger partial charge in [-0.1, -0.05) is 24.3 Å². The molecular formula is C21H21N5O4S. The molecule has 0 aliphatic heterocycles. The number of aromatic nitrogens is 3. The van der Waals surface area contributed by atoms with Gasteiger partial charge in [0, 0.05) is 30.3 Å². The lowest BCUT2D eigenvalue weighted by Crippen LogP contribution is -2.29. The van der Waals surface area contributed by atoms with E-state index in [0.29, 0.717) is 22.7 Å². The summed E-state index contributed by atoms with van der Waals surface area (Å²) in [5.74, 6) is 0.397. The highest BCUT2D eigenvalue weighted by Gasteiger charge is 2.17. The van der Waals surface area contributed by atoms with Gasteiger partial charge in [0.2, 0.25) is 10.0 Å². The number of hydrogen-bond donors (Lipinski definition) is 4. The Kier molecular flexibility index (Phi) is 5.49. The highest BCUT2D eigenvalue weighted by Crippen LogP contribution is 2.30. The number of sulfonamides is 1. The summed E-state index contributed by atoms with van der Waals surface area (Å²) in [5.41, 5.74) is 2.62. The molecule has 0 aliphatic carbocycles. The lowest BCUT2D eigenvalue weighted by molar-refractivity contribution is 0.458. The third-order valence-corrected chi connectivity index (χ3v) is 6.21. The molecule has 0 saturated heterocycles. The van der Waals surface area contributed by atoms with Crippen LogP contribution >= 0.6 is 0 Å². The van der Waals surface area contributed by atoms with Crippen molar-refractivity contribution in [3.63, 3.8) is 0 Å². The van der Waals surface area contributed by atoms with Gasteiger partial charge in [-0.25, -0.2) is 18.1 Å².